The Bertz CT molecular complexity index is 479. The fourth-order valence-electron chi connectivity index (χ4n) is 1.42. The van der Waals surface area contributed by atoms with Crippen molar-refractivity contribution in [1.29, 1.82) is 0 Å². The van der Waals surface area contributed by atoms with Crippen LogP contribution in [0.5, 0.6) is 5.75 Å². The van der Waals surface area contributed by atoms with Crippen LogP contribution in [0.4, 0.5) is 4.39 Å². The lowest BCUT2D eigenvalue weighted by atomic mass is 10.1. The molecule has 0 fully saturated rings. The third kappa shape index (κ3) is 1.83. The molecule has 78 valence electrons. The van der Waals surface area contributed by atoms with Gasteiger partial charge >= 0.3 is 0 Å². The minimum Gasteiger partial charge on any atom is -0.507 e. The zero-order valence-electron chi connectivity index (χ0n) is 8.31. The van der Waals surface area contributed by atoms with Crippen molar-refractivity contribution < 1.29 is 9.50 Å². The number of phenols is 1. The second-order valence-electron chi connectivity index (χ2n) is 3.25. The number of aromatic nitrogens is 2. The van der Waals surface area contributed by atoms with Crippen LogP contribution in [0, 0.1) is 5.82 Å². The van der Waals surface area contributed by atoms with Crippen molar-refractivity contribution >= 4 is 0 Å². The largest absolute Gasteiger partial charge is 0.507 e. The molecule has 0 aliphatic carbocycles. The van der Waals surface area contributed by atoms with Gasteiger partial charge < -0.3 is 5.11 Å². The van der Waals surface area contributed by atoms with Crippen LogP contribution in [0.3, 0.4) is 0 Å². The van der Waals surface area contributed by atoms with Crippen LogP contribution >= 0.6 is 0 Å². The maximum absolute atomic E-state index is 12.8. The Labute approximate surface area is 86.8 Å². The molecule has 2 aromatic rings. The van der Waals surface area contributed by atoms with Crippen LogP contribution in [0.2, 0.25) is 0 Å². The highest BCUT2D eigenvalue weighted by Gasteiger charge is 2.07. The summed E-state index contributed by atoms with van der Waals surface area (Å²) in [6.45, 7) is 2.74. The molecule has 1 aromatic heterocycles. The molecule has 0 spiro atoms. The van der Waals surface area contributed by atoms with E-state index in [2.05, 4.69) is 5.10 Å². The van der Waals surface area contributed by atoms with Crippen LogP contribution in [-0.4, -0.2) is 14.9 Å². The lowest BCUT2D eigenvalue weighted by Gasteiger charge is -2.00. The van der Waals surface area contributed by atoms with E-state index in [1.54, 1.807) is 16.9 Å². The summed E-state index contributed by atoms with van der Waals surface area (Å²) in [6.07, 6.45) is 3.46. The van der Waals surface area contributed by atoms with Crippen molar-refractivity contribution in [2.75, 3.05) is 0 Å². The molecule has 3 nitrogen and oxygen atoms in total. The van der Waals surface area contributed by atoms with E-state index in [1.807, 2.05) is 13.1 Å². The molecular formula is C11H11FN2O. The van der Waals surface area contributed by atoms with Gasteiger partial charge in [0.15, 0.2) is 0 Å². The van der Waals surface area contributed by atoms with Gasteiger partial charge in [0.25, 0.3) is 0 Å². The van der Waals surface area contributed by atoms with Gasteiger partial charge in [0.1, 0.15) is 11.6 Å². The van der Waals surface area contributed by atoms with Gasteiger partial charge in [-0.1, -0.05) is 0 Å². The lowest BCUT2D eigenvalue weighted by Crippen LogP contribution is -1.91. The Morgan fingerprint density at radius 3 is 2.87 bits per heavy atom. The van der Waals surface area contributed by atoms with E-state index in [4.69, 9.17) is 0 Å². The van der Waals surface area contributed by atoms with Gasteiger partial charge in [0.2, 0.25) is 0 Å². The second-order valence-corrected chi connectivity index (χ2v) is 3.25. The highest BCUT2D eigenvalue weighted by molar-refractivity contribution is 5.68. The maximum Gasteiger partial charge on any atom is 0.126 e. The molecule has 0 aliphatic heterocycles. The van der Waals surface area contributed by atoms with Crippen LogP contribution in [0.25, 0.3) is 11.1 Å². The summed E-state index contributed by atoms with van der Waals surface area (Å²) >= 11 is 0. The molecule has 4 heteroatoms. The van der Waals surface area contributed by atoms with Crippen molar-refractivity contribution in [3.8, 4) is 16.9 Å². The highest BCUT2D eigenvalue weighted by atomic mass is 19.1. The fourth-order valence-corrected chi connectivity index (χ4v) is 1.42. The Balaban J connectivity index is 2.44. The first-order valence-corrected chi connectivity index (χ1v) is 4.72. The van der Waals surface area contributed by atoms with E-state index in [0.717, 1.165) is 18.2 Å². The van der Waals surface area contributed by atoms with E-state index >= 15 is 0 Å². The van der Waals surface area contributed by atoms with Crippen molar-refractivity contribution in [2.24, 2.45) is 0 Å². The molecule has 0 saturated carbocycles. The summed E-state index contributed by atoms with van der Waals surface area (Å²) in [6, 6.07) is 3.96. The Hall–Kier alpha value is -1.84. The number of aromatic hydroxyl groups is 1. The second kappa shape index (κ2) is 3.73. The number of benzene rings is 1. The summed E-state index contributed by atoms with van der Waals surface area (Å²) in [5.74, 6) is -0.509. The van der Waals surface area contributed by atoms with Gasteiger partial charge in [-0.25, -0.2) is 4.39 Å². The van der Waals surface area contributed by atoms with Gasteiger partial charge in [-0.3, -0.25) is 4.68 Å². The standard InChI is InChI=1S/C11H11FN2O/c1-2-14-7-8(6-13-14)10-4-3-9(12)5-11(10)15/h3-7,15H,2H2,1H3. The molecule has 0 bridgehead atoms. The van der Waals surface area contributed by atoms with Crippen molar-refractivity contribution in [1.82, 2.24) is 9.78 Å². The van der Waals surface area contributed by atoms with E-state index in [1.165, 1.54) is 6.07 Å². The normalized spacial score (nSPS) is 10.5. The van der Waals surface area contributed by atoms with Crippen LogP contribution < -0.4 is 0 Å². The summed E-state index contributed by atoms with van der Waals surface area (Å²) in [4.78, 5) is 0. The first kappa shape index (κ1) is 9.71. The van der Waals surface area contributed by atoms with Crippen LogP contribution in [-0.2, 0) is 6.54 Å². The lowest BCUT2D eigenvalue weighted by molar-refractivity contribution is 0.471. The fraction of sp³-hybridized carbons (Fsp3) is 0.182. The van der Waals surface area contributed by atoms with E-state index in [9.17, 15) is 9.50 Å². The zero-order chi connectivity index (χ0) is 10.8. The van der Waals surface area contributed by atoms with E-state index in [0.29, 0.717) is 5.56 Å². The molecule has 0 amide bonds. The Kier molecular flexibility index (Phi) is 2.41. The molecule has 0 radical (unpaired) electrons. The Morgan fingerprint density at radius 2 is 2.27 bits per heavy atom. The average molecular weight is 206 g/mol. The number of halogens is 1. The maximum atomic E-state index is 12.8. The third-order valence-corrected chi connectivity index (χ3v) is 2.23. The van der Waals surface area contributed by atoms with Crippen LogP contribution in [0.1, 0.15) is 6.92 Å². The first-order valence-electron chi connectivity index (χ1n) is 4.72. The Morgan fingerprint density at radius 1 is 1.47 bits per heavy atom. The molecule has 2 rings (SSSR count). The molecule has 0 saturated heterocycles. The third-order valence-electron chi connectivity index (χ3n) is 2.23. The molecular weight excluding hydrogens is 195 g/mol. The summed E-state index contributed by atoms with van der Waals surface area (Å²) in [5.41, 5.74) is 1.38. The van der Waals surface area contributed by atoms with Crippen LogP contribution in [0.15, 0.2) is 30.6 Å². The monoisotopic (exact) mass is 206 g/mol. The van der Waals surface area contributed by atoms with Crippen molar-refractivity contribution in [3.05, 3.63) is 36.4 Å². The summed E-state index contributed by atoms with van der Waals surface area (Å²) in [5, 5.41) is 13.6. The average Bonchev–Trinajstić information content (AvgIpc) is 2.66. The number of phenolic OH excluding ortho intramolecular Hbond substituents is 1. The molecule has 1 aromatic carbocycles. The predicted molar refractivity (Wildman–Crippen MR) is 55.0 cm³/mol. The summed E-state index contributed by atoms with van der Waals surface area (Å²) < 4.78 is 14.5. The van der Waals surface area contributed by atoms with Gasteiger partial charge in [0, 0.05) is 29.9 Å². The van der Waals surface area contributed by atoms with E-state index in [-0.39, 0.29) is 5.75 Å². The van der Waals surface area contributed by atoms with Gasteiger partial charge in [0.05, 0.1) is 6.20 Å². The highest BCUT2D eigenvalue weighted by Crippen LogP contribution is 2.28. The molecule has 1 N–H and O–H groups in total. The van der Waals surface area contributed by atoms with E-state index < -0.39 is 5.82 Å². The number of hydrogen-bond donors (Lipinski definition) is 1. The van der Waals surface area contributed by atoms with Gasteiger partial charge in [-0.2, -0.15) is 5.10 Å². The quantitative estimate of drug-likeness (QED) is 0.819. The SMILES string of the molecule is CCn1cc(-c2ccc(F)cc2O)cn1. The molecule has 15 heavy (non-hydrogen) atoms. The first-order chi connectivity index (χ1) is 7.20. The molecule has 0 aliphatic rings. The minimum atomic E-state index is -0.445. The number of rotatable bonds is 2. The number of hydrogen-bond acceptors (Lipinski definition) is 2. The van der Waals surface area contributed by atoms with Crippen molar-refractivity contribution in [2.45, 2.75) is 13.5 Å². The topological polar surface area (TPSA) is 38.0 Å². The molecule has 1 heterocycles. The summed E-state index contributed by atoms with van der Waals surface area (Å²) in [7, 11) is 0. The van der Waals surface area contributed by atoms with Gasteiger partial charge in [-0.05, 0) is 19.1 Å². The molecule has 0 atom stereocenters. The number of aryl methyl sites for hydroxylation is 1. The molecule has 0 unspecified atom stereocenters. The van der Waals surface area contributed by atoms with Crippen molar-refractivity contribution in [3.63, 3.8) is 0 Å². The smallest absolute Gasteiger partial charge is 0.126 e. The number of nitrogens with zero attached hydrogens (tertiary/aromatic N) is 2. The van der Waals surface area contributed by atoms with Gasteiger partial charge in [-0.15, -0.1) is 0 Å². The predicted octanol–water partition coefficient (Wildman–Crippen LogP) is 2.41. The zero-order valence-corrected chi connectivity index (χ0v) is 8.31. The minimum absolute atomic E-state index is 0.0642.